The van der Waals surface area contributed by atoms with Gasteiger partial charge in [-0.3, -0.25) is 0 Å². The smallest absolute Gasteiger partial charge is 0.163 e. The lowest BCUT2D eigenvalue weighted by atomic mass is 10.1. The molecule has 1 N–H and O–H groups in total. The van der Waals surface area contributed by atoms with Crippen molar-refractivity contribution in [2.45, 2.75) is 0 Å². The van der Waals surface area contributed by atoms with Gasteiger partial charge in [-0.25, -0.2) is 9.97 Å². The van der Waals surface area contributed by atoms with Crippen LogP contribution < -0.4 is 10.1 Å². The predicted octanol–water partition coefficient (Wildman–Crippen LogP) is 6.36. The van der Waals surface area contributed by atoms with Gasteiger partial charge in [0.2, 0.25) is 0 Å². The van der Waals surface area contributed by atoms with E-state index in [1.165, 1.54) is 0 Å². The van der Waals surface area contributed by atoms with Crippen molar-refractivity contribution >= 4 is 45.6 Å². The number of halogens is 2. The third-order valence-electron chi connectivity index (χ3n) is 4.13. The van der Waals surface area contributed by atoms with Crippen LogP contribution in [0.4, 0.5) is 11.5 Å². The minimum Gasteiger partial charge on any atom is -0.497 e. The summed E-state index contributed by atoms with van der Waals surface area (Å²) < 4.78 is 5.21. The van der Waals surface area contributed by atoms with Gasteiger partial charge in [0, 0.05) is 21.7 Å². The first-order valence-corrected chi connectivity index (χ1v) is 9.03. The Bertz CT molecular complexity index is 1110. The lowest BCUT2D eigenvalue weighted by molar-refractivity contribution is 0.415. The van der Waals surface area contributed by atoms with Gasteiger partial charge in [-0.05, 0) is 54.6 Å². The number of benzene rings is 3. The van der Waals surface area contributed by atoms with E-state index >= 15 is 0 Å². The second kappa shape index (κ2) is 7.43. The SMILES string of the molecule is COc1ccc(Nc2nc(-c3ccccc3Cl)nc3cc(Cl)ccc23)cc1. The molecule has 0 saturated heterocycles. The molecule has 0 bridgehead atoms. The molecule has 0 aliphatic carbocycles. The summed E-state index contributed by atoms with van der Waals surface area (Å²) in [6, 6.07) is 20.7. The molecule has 1 heterocycles. The van der Waals surface area contributed by atoms with E-state index in [1.807, 2.05) is 66.7 Å². The predicted molar refractivity (Wildman–Crippen MR) is 111 cm³/mol. The van der Waals surface area contributed by atoms with Gasteiger partial charge < -0.3 is 10.1 Å². The Kier molecular flexibility index (Phi) is 4.84. The summed E-state index contributed by atoms with van der Waals surface area (Å²) >= 11 is 12.5. The van der Waals surface area contributed by atoms with Gasteiger partial charge in [-0.1, -0.05) is 35.3 Å². The molecule has 4 aromatic rings. The number of hydrogen-bond donors (Lipinski definition) is 1. The van der Waals surface area contributed by atoms with Gasteiger partial charge in [0.15, 0.2) is 5.82 Å². The normalized spacial score (nSPS) is 10.8. The summed E-state index contributed by atoms with van der Waals surface area (Å²) in [5.41, 5.74) is 2.39. The van der Waals surface area contributed by atoms with E-state index < -0.39 is 0 Å². The Morgan fingerprint density at radius 2 is 1.67 bits per heavy atom. The Morgan fingerprint density at radius 1 is 0.889 bits per heavy atom. The van der Waals surface area contributed by atoms with E-state index in [1.54, 1.807) is 7.11 Å². The summed E-state index contributed by atoms with van der Waals surface area (Å²) in [5.74, 6) is 2.00. The highest BCUT2D eigenvalue weighted by Gasteiger charge is 2.12. The van der Waals surface area contributed by atoms with Gasteiger partial charge >= 0.3 is 0 Å². The fraction of sp³-hybridized carbons (Fsp3) is 0.0476. The number of rotatable bonds is 4. The summed E-state index contributed by atoms with van der Waals surface area (Å²) in [5, 5.41) is 5.43. The van der Waals surface area contributed by atoms with E-state index in [-0.39, 0.29) is 0 Å². The molecule has 0 saturated carbocycles. The molecule has 0 amide bonds. The zero-order valence-corrected chi connectivity index (χ0v) is 15.9. The lowest BCUT2D eigenvalue weighted by Gasteiger charge is -2.12. The van der Waals surface area contributed by atoms with E-state index in [0.29, 0.717) is 21.7 Å². The quantitative estimate of drug-likeness (QED) is 0.436. The van der Waals surface area contributed by atoms with Gasteiger partial charge in [-0.15, -0.1) is 0 Å². The first kappa shape index (κ1) is 17.6. The zero-order chi connectivity index (χ0) is 18.8. The van der Waals surface area contributed by atoms with Crippen molar-refractivity contribution in [1.82, 2.24) is 9.97 Å². The zero-order valence-electron chi connectivity index (χ0n) is 14.4. The standard InChI is InChI=1S/C21H15Cl2N3O/c1-27-15-9-7-14(8-10-15)24-21-17-11-6-13(22)12-19(17)25-20(26-21)16-4-2-3-5-18(16)23/h2-12H,1H3,(H,24,25,26). The molecule has 1 aromatic heterocycles. The van der Waals surface area contributed by atoms with Crippen molar-refractivity contribution in [1.29, 1.82) is 0 Å². The largest absolute Gasteiger partial charge is 0.497 e. The molecule has 134 valence electrons. The maximum Gasteiger partial charge on any atom is 0.163 e. The monoisotopic (exact) mass is 395 g/mol. The van der Waals surface area contributed by atoms with Crippen molar-refractivity contribution < 1.29 is 4.74 Å². The van der Waals surface area contributed by atoms with Gasteiger partial charge in [0.05, 0.1) is 17.6 Å². The highest BCUT2D eigenvalue weighted by Crippen LogP contribution is 2.32. The molecule has 3 aromatic carbocycles. The fourth-order valence-electron chi connectivity index (χ4n) is 2.77. The lowest BCUT2D eigenvalue weighted by Crippen LogP contribution is -2.00. The Balaban J connectivity index is 1.85. The van der Waals surface area contributed by atoms with Crippen molar-refractivity contribution in [3.05, 3.63) is 76.8 Å². The fourth-order valence-corrected chi connectivity index (χ4v) is 3.16. The van der Waals surface area contributed by atoms with Crippen LogP contribution in [-0.2, 0) is 0 Å². The van der Waals surface area contributed by atoms with Gasteiger partial charge in [0.1, 0.15) is 11.6 Å². The Hall–Kier alpha value is -2.82. The molecule has 0 aliphatic heterocycles. The molecular weight excluding hydrogens is 381 g/mol. The van der Waals surface area contributed by atoms with Crippen molar-refractivity contribution in [3.8, 4) is 17.1 Å². The number of anilines is 2. The molecule has 4 rings (SSSR count). The topological polar surface area (TPSA) is 47.0 Å². The van der Waals surface area contributed by atoms with Crippen molar-refractivity contribution in [2.24, 2.45) is 0 Å². The number of fused-ring (bicyclic) bond motifs is 1. The summed E-state index contributed by atoms with van der Waals surface area (Å²) in [7, 11) is 1.64. The van der Waals surface area contributed by atoms with Crippen LogP contribution in [-0.4, -0.2) is 17.1 Å². The highest BCUT2D eigenvalue weighted by atomic mass is 35.5. The van der Waals surface area contributed by atoms with Crippen LogP contribution in [0.2, 0.25) is 10.0 Å². The van der Waals surface area contributed by atoms with E-state index in [4.69, 9.17) is 32.9 Å². The first-order valence-electron chi connectivity index (χ1n) is 8.27. The third-order valence-corrected chi connectivity index (χ3v) is 4.69. The number of ether oxygens (including phenoxy) is 1. The summed E-state index contributed by atoms with van der Waals surface area (Å²) in [4.78, 5) is 9.38. The average molecular weight is 396 g/mol. The minimum absolute atomic E-state index is 0.534. The van der Waals surface area contributed by atoms with Crippen LogP contribution in [0.25, 0.3) is 22.3 Å². The second-order valence-corrected chi connectivity index (χ2v) is 6.73. The van der Waals surface area contributed by atoms with Crippen LogP contribution in [0.5, 0.6) is 5.75 Å². The average Bonchev–Trinajstić information content (AvgIpc) is 2.68. The van der Waals surface area contributed by atoms with Gasteiger partial charge in [-0.2, -0.15) is 0 Å². The number of aromatic nitrogens is 2. The first-order chi connectivity index (χ1) is 13.1. The number of nitrogens with zero attached hydrogens (tertiary/aromatic N) is 2. The van der Waals surface area contributed by atoms with Crippen LogP contribution in [0, 0.1) is 0 Å². The maximum atomic E-state index is 6.35. The van der Waals surface area contributed by atoms with E-state index in [2.05, 4.69) is 10.3 Å². The van der Waals surface area contributed by atoms with Crippen LogP contribution in [0.15, 0.2) is 66.7 Å². The molecule has 4 nitrogen and oxygen atoms in total. The molecule has 27 heavy (non-hydrogen) atoms. The van der Waals surface area contributed by atoms with Crippen molar-refractivity contribution in [2.75, 3.05) is 12.4 Å². The van der Waals surface area contributed by atoms with Crippen LogP contribution in [0.3, 0.4) is 0 Å². The number of nitrogens with one attached hydrogen (secondary N) is 1. The molecular formula is C21H15Cl2N3O. The minimum atomic E-state index is 0.534. The van der Waals surface area contributed by atoms with Gasteiger partial charge in [0.25, 0.3) is 0 Å². The molecule has 0 aliphatic rings. The summed E-state index contributed by atoms with van der Waals surface area (Å²) in [6.45, 7) is 0. The Morgan fingerprint density at radius 3 is 2.41 bits per heavy atom. The molecule has 0 spiro atoms. The maximum absolute atomic E-state index is 6.35. The molecule has 0 unspecified atom stereocenters. The Labute approximate surface area is 166 Å². The van der Waals surface area contributed by atoms with Crippen molar-refractivity contribution in [3.63, 3.8) is 0 Å². The number of hydrogen-bond acceptors (Lipinski definition) is 4. The molecule has 0 radical (unpaired) electrons. The van der Waals surface area contributed by atoms with E-state index in [9.17, 15) is 0 Å². The van der Waals surface area contributed by atoms with Crippen LogP contribution >= 0.6 is 23.2 Å². The molecule has 6 heteroatoms. The van der Waals surface area contributed by atoms with E-state index in [0.717, 1.165) is 27.9 Å². The highest BCUT2D eigenvalue weighted by molar-refractivity contribution is 6.33. The molecule has 0 fully saturated rings. The van der Waals surface area contributed by atoms with Crippen LogP contribution in [0.1, 0.15) is 0 Å². The third kappa shape index (κ3) is 3.68. The summed E-state index contributed by atoms with van der Waals surface area (Å²) in [6.07, 6.45) is 0. The second-order valence-electron chi connectivity index (χ2n) is 5.89. The molecule has 0 atom stereocenters. The number of methoxy groups -OCH3 is 1.